The molecule has 1 aromatic rings. The van der Waals surface area contributed by atoms with Crippen molar-refractivity contribution in [3.63, 3.8) is 0 Å². The lowest BCUT2D eigenvalue weighted by Gasteiger charge is -2.30. The van der Waals surface area contributed by atoms with Crippen molar-refractivity contribution in [2.45, 2.75) is 11.0 Å². The van der Waals surface area contributed by atoms with Crippen LogP contribution >= 0.6 is 0 Å². The summed E-state index contributed by atoms with van der Waals surface area (Å²) in [6, 6.07) is 2.18. The molecule has 1 atom stereocenters. The average Bonchev–Trinajstić information content (AvgIpc) is 2.47. The normalized spacial score (nSPS) is 20.8. The first kappa shape index (κ1) is 14.8. The third-order valence-corrected chi connectivity index (χ3v) is 4.70. The van der Waals surface area contributed by atoms with Gasteiger partial charge in [0.25, 0.3) is 0 Å². The van der Waals surface area contributed by atoms with E-state index in [9.17, 15) is 18.5 Å². The first-order chi connectivity index (χ1) is 9.45. The Labute approximate surface area is 115 Å². The third kappa shape index (κ3) is 2.93. The fourth-order valence-corrected chi connectivity index (χ4v) is 3.20. The number of aromatic nitrogens is 1. The number of rotatable bonds is 4. The number of ether oxygens (including phenoxy) is 1. The number of nitro groups is 1. The Kier molecular flexibility index (Phi) is 4.28. The fraction of sp³-hybridized carbons (Fsp3) is 0.500. The molecule has 0 aliphatic carbocycles. The summed E-state index contributed by atoms with van der Waals surface area (Å²) in [6.07, 6.45) is 0.390. The number of pyridine rings is 1. The minimum Gasteiger partial charge on any atom is -0.394 e. The predicted octanol–water partition coefficient (Wildman–Crippen LogP) is -0.628. The number of aliphatic hydroxyl groups is 1. The van der Waals surface area contributed by atoms with Gasteiger partial charge in [0.2, 0.25) is 10.0 Å². The summed E-state index contributed by atoms with van der Waals surface area (Å²) in [5.74, 6) is -0.417. The van der Waals surface area contributed by atoms with E-state index in [4.69, 9.17) is 9.84 Å². The second-order valence-corrected chi connectivity index (χ2v) is 6.09. The van der Waals surface area contributed by atoms with Crippen molar-refractivity contribution in [3.05, 3.63) is 28.4 Å². The summed E-state index contributed by atoms with van der Waals surface area (Å²) < 4.78 is 31.0. The van der Waals surface area contributed by atoms with Crippen LogP contribution in [0.5, 0.6) is 0 Å². The molecule has 1 aliphatic rings. The average molecular weight is 303 g/mol. The van der Waals surface area contributed by atoms with Crippen molar-refractivity contribution in [1.29, 1.82) is 0 Å². The van der Waals surface area contributed by atoms with Crippen LogP contribution < -0.4 is 0 Å². The van der Waals surface area contributed by atoms with Crippen molar-refractivity contribution < 1.29 is 23.2 Å². The number of nitrogens with zero attached hydrogens (tertiary/aromatic N) is 3. The molecule has 1 fully saturated rings. The van der Waals surface area contributed by atoms with Gasteiger partial charge in [-0.3, -0.25) is 0 Å². The van der Waals surface area contributed by atoms with Gasteiger partial charge in [-0.15, -0.1) is 0 Å². The fourth-order valence-electron chi connectivity index (χ4n) is 1.80. The van der Waals surface area contributed by atoms with E-state index in [0.29, 0.717) is 0 Å². The Balaban J connectivity index is 2.23. The molecule has 1 aromatic heterocycles. The Morgan fingerprint density at radius 2 is 2.30 bits per heavy atom. The Morgan fingerprint density at radius 1 is 1.55 bits per heavy atom. The Bertz CT molecular complexity index is 588. The quantitative estimate of drug-likeness (QED) is 0.580. The van der Waals surface area contributed by atoms with Crippen LogP contribution in [-0.2, 0) is 14.8 Å². The molecule has 2 rings (SSSR count). The standard InChI is InChI=1S/C10H13N3O6S/c14-7-8-6-12(3-4-19-8)20(17,18)9-1-2-10(11-5-9)13(15)16/h1-2,5,8,14H,3-4,6-7H2. The topological polar surface area (TPSA) is 123 Å². The summed E-state index contributed by atoms with van der Waals surface area (Å²) in [4.78, 5) is 13.2. The molecule has 0 saturated carbocycles. The second kappa shape index (κ2) is 5.79. The number of aliphatic hydroxyl groups excluding tert-OH is 1. The van der Waals surface area contributed by atoms with Gasteiger partial charge >= 0.3 is 5.82 Å². The molecule has 110 valence electrons. The molecule has 0 radical (unpaired) electrons. The van der Waals surface area contributed by atoms with E-state index in [1.807, 2.05) is 0 Å². The van der Waals surface area contributed by atoms with Crippen LogP contribution in [0.2, 0.25) is 0 Å². The van der Waals surface area contributed by atoms with Crippen LogP contribution in [0.1, 0.15) is 0 Å². The molecule has 0 aromatic carbocycles. The highest BCUT2D eigenvalue weighted by atomic mass is 32.2. The molecule has 9 nitrogen and oxygen atoms in total. The van der Waals surface area contributed by atoms with Crippen molar-refractivity contribution >= 4 is 15.8 Å². The predicted molar refractivity (Wildman–Crippen MR) is 66.5 cm³/mol. The van der Waals surface area contributed by atoms with Gasteiger partial charge in [-0.05, 0) is 16.0 Å². The summed E-state index contributed by atoms with van der Waals surface area (Å²) in [5, 5.41) is 19.5. The molecule has 1 N–H and O–H groups in total. The zero-order valence-electron chi connectivity index (χ0n) is 10.4. The number of hydrogen-bond donors (Lipinski definition) is 1. The zero-order valence-corrected chi connectivity index (χ0v) is 11.2. The monoisotopic (exact) mass is 303 g/mol. The first-order valence-corrected chi connectivity index (χ1v) is 7.22. The van der Waals surface area contributed by atoms with Crippen LogP contribution in [0.4, 0.5) is 5.82 Å². The van der Waals surface area contributed by atoms with Crippen LogP contribution in [0.3, 0.4) is 0 Å². The van der Waals surface area contributed by atoms with E-state index in [2.05, 4.69) is 4.98 Å². The van der Waals surface area contributed by atoms with E-state index in [1.165, 1.54) is 4.31 Å². The van der Waals surface area contributed by atoms with Gasteiger partial charge in [0, 0.05) is 19.2 Å². The van der Waals surface area contributed by atoms with Gasteiger partial charge in [0.1, 0.15) is 4.90 Å². The summed E-state index contributed by atoms with van der Waals surface area (Å²) in [7, 11) is -3.79. The van der Waals surface area contributed by atoms with E-state index in [1.54, 1.807) is 0 Å². The van der Waals surface area contributed by atoms with Crippen molar-refractivity contribution in [2.75, 3.05) is 26.3 Å². The van der Waals surface area contributed by atoms with Gasteiger partial charge in [-0.25, -0.2) is 8.42 Å². The lowest BCUT2D eigenvalue weighted by Crippen LogP contribution is -2.46. The van der Waals surface area contributed by atoms with Crippen molar-refractivity contribution in [2.24, 2.45) is 0 Å². The Hall–Kier alpha value is -1.62. The highest BCUT2D eigenvalue weighted by Gasteiger charge is 2.31. The minimum absolute atomic E-state index is 0.0375. The smallest absolute Gasteiger partial charge is 0.363 e. The molecule has 0 spiro atoms. The van der Waals surface area contributed by atoms with Gasteiger partial charge in [-0.2, -0.15) is 4.31 Å². The van der Waals surface area contributed by atoms with E-state index in [0.717, 1.165) is 18.3 Å². The molecule has 10 heteroatoms. The van der Waals surface area contributed by atoms with Crippen LogP contribution in [0.25, 0.3) is 0 Å². The molecular formula is C10H13N3O6S. The third-order valence-electron chi connectivity index (χ3n) is 2.85. The Morgan fingerprint density at radius 3 is 2.85 bits per heavy atom. The van der Waals surface area contributed by atoms with Crippen LogP contribution in [0, 0.1) is 10.1 Å². The molecule has 1 unspecified atom stereocenters. The second-order valence-electron chi connectivity index (χ2n) is 4.15. The van der Waals surface area contributed by atoms with E-state index in [-0.39, 0.29) is 31.2 Å². The molecule has 1 aliphatic heterocycles. The summed E-state index contributed by atoms with van der Waals surface area (Å²) >= 11 is 0. The van der Waals surface area contributed by atoms with Gasteiger partial charge in [0.15, 0.2) is 6.20 Å². The SMILES string of the molecule is O=[N+]([O-])c1ccc(S(=O)(=O)N2CCOC(CO)C2)cn1. The lowest BCUT2D eigenvalue weighted by molar-refractivity contribution is -0.389. The van der Waals surface area contributed by atoms with E-state index >= 15 is 0 Å². The van der Waals surface area contributed by atoms with Crippen LogP contribution in [-0.4, -0.2) is 60.1 Å². The van der Waals surface area contributed by atoms with Gasteiger partial charge in [-0.1, -0.05) is 0 Å². The van der Waals surface area contributed by atoms with Gasteiger partial charge in [0.05, 0.1) is 19.3 Å². The molecular weight excluding hydrogens is 290 g/mol. The molecule has 0 bridgehead atoms. The minimum atomic E-state index is -3.79. The van der Waals surface area contributed by atoms with Crippen molar-refractivity contribution in [3.8, 4) is 0 Å². The zero-order chi connectivity index (χ0) is 14.8. The molecule has 0 amide bonds. The molecule has 1 saturated heterocycles. The van der Waals surface area contributed by atoms with Crippen molar-refractivity contribution in [1.82, 2.24) is 9.29 Å². The molecule has 2 heterocycles. The number of morpholine rings is 1. The highest BCUT2D eigenvalue weighted by molar-refractivity contribution is 7.89. The number of hydrogen-bond acceptors (Lipinski definition) is 7. The first-order valence-electron chi connectivity index (χ1n) is 5.78. The maximum absolute atomic E-state index is 12.3. The highest BCUT2D eigenvalue weighted by Crippen LogP contribution is 2.19. The summed E-state index contributed by atoms with van der Waals surface area (Å²) in [6.45, 7) is 0.112. The largest absolute Gasteiger partial charge is 0.394 e. The lowest BCUT2D eigenvalue weighted by atomic mass is 10.3. The summed E-state index contributed by atoms with van der Waals surface area (Å²) in [5.41, 5.74) is 0. The van der Waals surface area contributed by atoms with Gasteiger partial charge < -0.3 is 20.0 Å². The number of sulfonamides is 1. The maximum Gasteiger partial charge on any atom is 0.363 e. The van der Waals surface area contributed by atoms with E-state index < -0.39 is 26.9 Å². The van der Waals surface area contributed by atoms with Crippen LogP contribution in [0.15, 0.2) is 23.2 Å². The molecule has 20 heavy (non-hydrogen) atoms. The maximum atomic E-state index is 12.3.